The van der Waals surface area contributed by atoms with Crippen LogP contribution in [-0.2, 0) is 0 Å². The number of guanidine groups is 1. The number of rotatable bonds is 10. The minimum absolute atomic E-state index is 0.511. The summed E-state index contributed by atoms with van der Waals surface area (Å²) in [6, 6.07) is 1.64. The van der Waals surface area contributed by atoms with Crippen LogP contribution in [0.3, 0.4) is 0 Å². The van der Waals surface area contributed by atoms with E-state index in [9.17, 15) is 0 Å². The second-order valence-corrected chi connectivity index (χ2v) is 8.72. The average Bonchev–Trinajstić information content (AvgIpc) is 2.59. The lowest BCUT2D eigenvalue weighted by atomic mass is 10.0. The third-order valence-electron chi connectivity index (χ3n) is 5.55. The zero-order valence-corrected chi connectivity index (χ0v) is 19.3. The third kappa shape index (κ3) is 8.79. The molecule has 0 aromatic rings. The second kappa shape index (κ2) is 12.6. The van der Waals surface area contributed by atoms with Gasteiger partial charge in [-0.25, -0.2) is 0 Å². The van der Waals surface area contributed by atoms with Crippen molar-refractivity contribution in [3.63, 3.8) is 0 Å². The summed E-state index contributed by atoms with van der Waals surface area (Å²) in [4.78, 5) is 12.5. The molecule has 1 heterocycles. The van der Waals surface area contributed by atoms with E-state index < -0.39 is 0 Å². The molecular weight excluding hydrogens is 336 g/mol. The van der Waals surface area contributed by atoms with Crippen molar-refractivity contribution in [2.75, 3.05) is 59.4 Å². The molecule has 0 amide bonds. The number of hydrogen-bond acceptors (Lipinski definition) is 4. The summed E-state index contributed by atoms with van der Waals surface area (Å²) in [6.07, 6.45) is 0. The van der Waals surface area contributed by atoms with E-state index in [0.717, 1.165) is 58.3 Å². The Morgan fingerprint density at radius 3 is 2.04 bits per heavy atom. The van der Waals surface area contributed by atoms with Gasteiger partial charge in [0.25, 0.3) is 0 Å². The van der Waals surface area contributed by atoms with Crippen LogP contribution in [0.15, 0.2) is 4.99 Å². The Bertz CT molecular complexity index is 405. The minimum atomic E-state index is 0.511. The fourth-order valence-corrected chi connectivity index (χ4v) is 3.84. The molecule has 6 nitrogen and oxygen atoms in total. The quantitative estimate of drug-likeness (QED) is 0.447. The van der Waals surface area contributed by atoms with Gasteiger partial charge in [-0.15, -0.1) is 0 Å². The van der Waals surface area contributed by atoms with Gasteiger partial charge >= 0.3 is 0 Å². The zero-order chi connectivity index (χ0) is 20.4. The first-order valence-corrected chi connectivity index (χ1v) is 11.0. The summed E-state index contributed by atoms with van der Waals surface area (Å²) in [5.41, 5.74) is 0. The molecule has 1 atom stereocenters. The van der Waals surface area contributed by atoms with Crippen LogP contribution in [0, 0.1) is 5.92 Å². The highest BCUT2D eigenvalue weighted by Gasteiger charge is 2.24. The molecular formula is C21H46N6. The predicted octanol–water partition coefficient (Wildman–Crippen LogP) is 1.93. The topological polar surface area (TPSA) is 46.1 Å². The van der Waals surface area contributed by atoms with Crippen LogP contribution in [0.1, 0.15) is 48.5 Å². The normalized spacial score (nSPS) is 18.7. The van der Waals surface area contributed by atoms with Crippen molar-refractivity contribution in [1.82, 2.24) is 25.3 Å². The molecule has 1 aliphatic rings. The van der Waals surface area contributed by atoms with Crippen LogP contribution in [0.25, 0.3) is 0 Å². The van der Waals surface area contributed by atoms with Gasteiger partial charge < -0.3 is 15.5 Å². The molecule has 1 fully saturated rings. The van der Waals surface area contributed by atoms with Crippen LogP contribution in [0.2, 0.25) is 0 Å². The number of hydrogen-bond donors (Lipinski definition) is 2. The highest BCUT2D eigenvalue weighted by molar-refractivity contribution is 5.79. The highest BCUT2D eigenvalue weighted by Crippen LogP contribution is 2.14. The first-order valence-electron chi connectivity index (χ1n) is 11.0. The second-order valence-electron chi connectivity index (χ2n) is 8.72. The van der Waals surface area contributed by atoms with Crippen molar-refractivity contribution in [3.05, 3.63) is 0 Å². The van der Waals surface area contributed by atoms with Gasteiger partial charge in [0.15, 0.2) is 5.96 Å². The molecule has 0 saturated carbocycles. The Kier molecular flexibility index (Phi) is 11.3. The first-order chi connectivity index (χ1) is 12.8. The zero-order valence-electron chi connectivity index (χ0n) is 19.3. The number of piperazine rings is 1. The lowest BCUT2D eigenvalue weighted by Crippen LogP contribution is -2.52. The van der Waals surface area contributed by atoms with Crippen molar-refractivity contribution in [3.8, 4) is 0 Å². The number of likely N-dealkylation sites (N-methyl/N-ethyl adjacent to an activating group) is 1. The van der Waals surface area contributed by atoms with Crippen molar-refractivity contribution in [1.29, 1.82) is 0 Å². The molecule has 27 heavy (non-hydrogen) atoms. The molecule has 0 aliphatic carbocycles. The maximum atomic E-state index is 4.94. The van der Waals surface area contributed by atoms with E-state index in [-0.39, 0.29) is 0 Å². The lowest BCUT2D eigenvalue weighted by molar-refractivity contribution is 0.0925. The van der Waals surface area contributed by atoms with Crippen LogP contribution in [0.5, 0.6) is 0 Å². The molecule has 160 valence electrons. The van der Waals surface area contributed by atoms with Crippen LogP contribution in [-0.4, -0.2) is 98.2 Å². The Morgan fingerprint density at radius 2 is 1.56 bits per heavy atom. The van der Waals surface area contributed by atoms with Crippen molar-refractivity contribution in [2.45, 2.75) is 66.6 Å². The van der Waals surface area contributed by atoms with Crippen LogP contribution < -0.4 is 10.6 Å². The van der Waals surface area contributed by atoms with E-state index in [1.165, 1.54) is 0 Å². The van der Waals surface area contributed by atoms with Gasteiger partial charge in [0, 0.05) is 63.9 Å². The molecule has 1 unspecified atom stereocenters. The van der Waals surface area contributed by atoms with Crippen molar-refractivity contribution >= 4 is 5.96 Å². The van der Waals surface area contributed by atoms with E-state index in [1.807, 2.05) is 0 Å². The summed E-state index contributed by atoms with van der Waals surface area (Å²) in [7, 11) is 2.21. The summed E-state index contributed by atoms with van der Waals surface area (Å²) in [5.74, 6) is 1.56. The summed E-state index contributed by atoms with van der Waals surface area (Å²) >= 11 is 0. The SMILES string of the molecule is CCNC(=NCC(C(C)C)N1CCN(C)CC1)NCCN(C(C)C)C(C)C. The fraction of sp³-hybridized carbons (Fsp3) is 0.952. The smallest absolute Gasteiger partial charge is 0.191 e. The van der Waals surface area contributed by atoms with Gasteiger partial charge in [0.1, 0.15) is 0 Å². The molecule has 0 spiro atoms. The van der Waals surface area contributed by atoms with Gasteiger partial charge in [0.2, 0.25) is 0 Å². The van der Waals surface area contributed by atoms with Crippen molar-refractivity contribution < 1.29 is 0 Å². The summed E-state index contributed by atoms with van der Waals surface area (Å²) in [5, 5.41) is 6.95. The minimum Gasteiger partial charge on any atom is -0.357 e. The standard InChI is InChI=1S/C21H46N6/c1-9-22-21(23-10-11-27(18(4)5)19(6)7)24-16-20(17(2)3)26-14-12-25(8)13-15-26/h17-20H,9-16H2,1-8H3,(H2,22,23,24). The highest BCUT2D eigenvalue weighted by atomic mass is 15.3. The monoisotopic (exact) mass is 382 g/mol. The Morgan fingerprint density at radius 1 is 0.963 bits per heavy atom. The fourth-order valence-electron chi connectivity index (χ4n) is 3.84. The van der Waals surface area contributed by atoms with E-state index in [0.29, 0.717) is 24.0 Å². The molecule has 0 bridgehead atoms. The first kappa shape index (κ1) is 24.2. The lowest BCUT2D eigenvalue weighted by Gasteiger charge is -2.39. The number of nitrogens with zero attached hydrogens (tertiary/aromatic N) is 4. The average molecular weight is 383 g/mol. The van der Waals surface area contributed by atoms with E-state index >= 15 is 0 Å². The predicted molar refractivity (Wildman–Crippen MR) is 119 cm³/mol. The number of nitrogens with one attached hydrogen (secondary N) is 2. The van der Waals surface area contributed by atoms with Gasteiger partial charge in [0.05, 0.1) is 6.54 Å². The molecule has 1 aliphatic heterocycles. The number of aliphatic imine (C=N–C) groups is 1. The molecule has 6 heteroatoms. The van der Waals surface area contributed by atoms with Gasteiger partial charge in [-0.1, -0.05) is 13.8 Å². The van der Waals surface area contributed by atoms with Gasteiger partial charge in [-0.05, 0) is 47.6 Å². The molecule has 2 N–H and O–H groups in total. The Balaban J connectivity index is 2.61. The largest absolute Gasteiger partial charge is 0.357 e. The molecule has 0 aromatic heterocycles. The Hall–Kier alpha value is -0.850. The summed E-state index contributed by atoms with van der Waals surface area (Å²) < 4.78 is 0. The van der Waals surface area contributed by atoms with Crippen LogP contribution >= 0.6 is 0 Å². The summed E-state index contributed by atoms with van der Waals surface area (Å²) in [6.45, 7) is 24.2. The van der Waals surface area contributed by atoms with E-state index in [1.54, 1.807) is 0 Å². The molecule has 0 aromatic carbocycles. The third-order valence-corrected chi connectivity index (χ3v) is 5.55. The van der Waals surface area contributed by atoms with Gasteiger partial charge in [-0.3, -0.25) is 14.8 Å². The van der Waals surface area contributed by atoms with E-state index in [2.05, 4.69) is 80.8 Å². The van der Waals surface area contributed by atoms with Crippen LogP contribution in [0.4, 0.5) is 0 Å². The van der Waals surface area contributed by atoms with Crippen molar-refractivity contribution in [2.24, 2.45) is 10.9 Å². The molecule has 1 saturated heterocycles. The van der Waals surface area contributed by atoms with Gasteiger partial charge in [-0.2, -0.15) is 0 Å². The maximum absolute atomic E-state index is 4.94. The van der Waals surface area contributed by atoms with E-state index in [4.69, 9.17) is 4.99 Å². The maximum Gasteiger partial charge on any atom is 0.191 e. The Labute approximate surface area is 168 Å². The molecule has 0 radical (unpaired) electrons. The molecule has 1 rings (SSSR count).